The highest BCUT2D eigenvalue weighted by Gasteiger charge is 2.08. The Morgan fingerprint density at radius 2 is 1.93 bits per heavy atom. The van der Waals surface area contributed by atoms with Gasteiger partial charge in [0.15, 0.2) is 0 Å². The van der Waals surface area contributed by atoms with Gasteiger partial charge in [-0.3, -0.25) is 0 Å². The largest absolute Gasteiger partial charge is 0.508 e. The van der Waals surface area contributed by atoms with Gasteiger partial charge in [-0.25, -0.2) is 0 Å². The summed E-state index contributed by atoms with van der Waals surface area (Å²) >= 11 is 0. The minimum absolute atomic E-state index is 0.0211. The fraction of sp³-hybridized carbons (Fsp3) is 0.0909. The van der Waals surface area contributed by atoms with Crippen molar-refractivity contribution in [2.75, 3.05) is 0 Å². The molecule has 0 saturated heterocycles. The quantitative estimate of drug-likeness (QED) is 0.825. The van der Waals surface area contributed by atoms with Gasteiger partial charge in [0.25, 0.3) is 0 Å². The Morgan fingerprint density at radius 3 is 2.67 bits per heavy atom. The van der Waals surface area contributed by atoms with Gasteiger partial charge in [-0.15, -0.1) is 0 Å². The number of fused-ring (bicyclic) bond motifs is 1. The van der Waals surface area contributed by atoms with Crippen molar-refractivity contribution in [3.05, 3.63) is 36.4 Å². The van der Waals surface area contributed by atoms with Gasteiger partial charge in [0, 0.05) is 5.39 Å². The minimum Gasteiger partial charge on any atom is -0.508 e. The van der Waals surface area contributed by atoms with Gasteiger partial charge in [-0.05, 0) is 23.6 Å². The van der Waals surface area contributed by atoms with Crippen LogP contribution in [-0.4, -0.2) is 11.7 Å². The van der Waals surface area contributed by atoms with E-state index < -0.39 is 6.61 Å². The lowest BCUT2D eigenvalue weighted by molar-refractivity contribution is -0.0488. The van der Waals surface area contributed by atoms with Gasteiger partial charge in [0.1, 0.15) is 11.5 Å². The van der Waals surface area contributed by atoms with Crippen LogP contribution < -0.4 is 4.74 Å². The SMILES string of the molecule is Oc1ccc2cccc(OC(F)F)c2c1. The van der Waals surface area contributed by atoms with Crippen LogP contribution in [0.1, 0.15) is 0 Å². The first kappa shape index (κ1) is 9.71. The number of hydrogen-bond acceptors (Lipinski definition) is 2. The third kappa shape index (κ3) is 1.98. The van der Waals surface area contributed by atoms with E-state index in [1.54, 1.807) is 18.2 Å². The Hall–Kier alpha value is -1.84. The summed E-state index contributed by atoms with van der Waals surface area (Å²) in [7, 11) is 0. The average molecular weight is 210 g/mol. The molecule has 15 heavy (non-hydrogen) atoms. The molecule has 0 radical (unpaired) electrons. The second kappa shape index (κ2) is 3.73. The van der Waals surface area contributed by atoms with Crippen molar-refractivity contribution in [1.29, 1.82) is 0 Å². The molecule has 4 heteroatoms. The van der Waals surface area contributed by atoms with E-state index in [0.29, 0.717) is 5.39 Å². The van der Waals surface area contributed by atoms with Crippen LogP contribution in [0.15, 0.2) is 36.4 Å². The lowest BCUT2D eigenvalue weighted by Crippen LogP contribution is -2.02. The van der Waals surface area contributed by atoms with Gasteiger partial charge in [-0.2, -0.15) is 8.78 Å². The Balaban J connectivity index is 2.58. The Labute approximate surface area is 84.7 Å². The molecule has 0 bridgehead atoms. The molecule has 1 N–H and O–H groups in total. The molecule has 78 valence electrons. The van der Waals surface area contributed by atoms with Crippen molar-refractivity contribution in [2.45, 2.75) is 6.61 Å². The predicted molar refractivity (Wildman–Crippen MR) is 52.2 cm³/mol. The lowest BCUT2D eigenvalue weighted by Gasteiger charge is -2.07. The summed E-state index contributed by atoms with van der Waals surface area (Å²) in [4.78, 5) is 0. The number of halogens is 2. The van der Waals surface area contributed by atoms with Crippen molar-refractivity contribution in [3.63, 3.8) is 0 Å². The number of aromatic hydroxyl groups is 1. The van der Waals surface area contributed by atoms with E-state index in [-0.39, 0.29) is 11.5 Å². The van der Waals surface area contributed by atoms with Gasteiger partial charge in [0.2, 0.25) is 0 Å². The molecule has 0 saturated carbocycles. The van der Waals surface area contributed by atoms with Crippen LogP contribution in [0, 0.1) is 0 Å². The second-order valence-corrected chi connectivity index (χ2v) is 3.04. The third-order valence-corrected chi connectivity index (χ3v) is 2.04. The Morgan fingerprint density at radius 1 is 1.13 bits per heavy atom. The summed E-state index contributed by atoms with van der Waals surface area (Å²) in [5, 5.41) is 10.5. The van der Waals surface area contributed by atoms with Crippen molar-refractivity contribution in [3.8, 4) is 11.5 Å². The highest BCUT2D eigenvalue weighted by molar-refractivity contribution is 5.89. The van der Waals surface area contributed by atoms with E-state index in [1.807, 2.05) is 0 Å². The number of ether oxygens (including phenoxy) is 1. The zero-order valence-corrected chi connectivity index (χ0v) is 7.65. The van der Waals surface area contributed by atoms with E-state index in [9.17, 15) is 13.9 Å². The summed E-state index contributed by atoms with van der Waals surface area (Å²) in [6, 6.07) is 9.35. The number of phenolic OH excluding ortho intramolecular Hbond substituents is 1. The standard InChI is InChI=1S/C11H8F2O2/c12-11(13)15-10-3-1-2-7-4-5-8(14)6-9(7)10/h1-6,11,14H. The molecule has 0 amide bonds. The molecular formula is C11H8F2O2. The summed E-state index contributed by atoms with van der Waals surface area (Å²) in [5.74, 6) is 0.0891. The normalized spacial score (nSPS) is 10.9. The Bertz CT molecular complexity index is 483. The van der Waals surface area contributed by atoms with Crippen molar-refractivity contribution < 1.29 is 18.6 Å². The summed E-state index contributed by atoms with van der Waals surface area (Å²) in [5.41, 5.74) is 0. The van der Waals surface area contributed by atoms with E-state index >= 15 is 0 Å². The first-order valence-electron chi connectivity index (χ1n) is 4.33. The summed E-state index contributed by atoms with van der Waals surface area (Å²) in [6.07, 6.45) is 0. The maximum atomic E-state index is 12.1. The molecule has 0 unspecified atom stereocenters. The fourth-order valence-corrected chi connectivity index (χ4v) is 1.43. The van der Waals surface area contributed by atoms with Crippen LogP contribution >= 0.6 is 0 Å². The van der Waals surface area contributed by atoms with Crippen LogP contribution in [0.25, 0.3) is 10.8 Å². The molecule has 0 atom stereocenters. The van der Waals surface area contributed by atoms with Crippen LogP contribution in [-0.2, 0) is 0 Å². The zero-order valence-electron chi connectivity index (χ0n) is 7.65. The van der Waals surface area contributed by atoms with E-state index in [1.165, 1.54) is 18.2 Å². The van der Waals surface area contributed by atoms with Gasteiger partial charge in [0.05, 0.1) is 0 Å². The Kier molecular flexibility index (Phi) is 2.41. The maximum absolute atomic E-state index is 12.1. The van der Waals surface area contributed by atoms with Crippen molar-refractivity contribution in [1.82, 2.24) is 0 Å². The molecule has 2 aromatic carbocycles. The molecule has 0 aliphatic carbocycles. The number of phenols is 1. The highest BCUT2D eigenvalue weighted by Crippen LogP contribution is 2.29. The topological polar surface area (TPSA) is 29.5 Å². The van der Waals surface area contributed by atoms with Crippen molar-refractivity contribution in [2.24, 2.45) is 0 Å². The molecule has 2 rings (SSSR count). The summed E-state index contributed by atoms with van der Waals surface area (Å²) in [6.45, 7) is -2.86. The van der Waals surface area contributed by atoms with Crippen LogP contribution in [0.3, 0.4) is 0 Å². The predicted octanol–water partition coefficient (Wildman–Crippen LogP) is 3.15. The van der Waals surface area contributed by atoms with E-state index in [2.05, 4.69) is 4.74 Å². The van der Waals surface area contributed by atoms with E-state index in [0.717, 1.165) is 5.39 Å². The highest BCUT2D eigenvalue weighted by atomic mass is 19.3. The zero-order chi connectivity index (χ0) is 10.8. The monoisotopic (exact) mass is 210 g/mol. The molecule has 0 aliphatic heterocycles. The van der Waals surface area contributed by atoms with Crippen LogP contribution in [0.2, 0.25) is 0 Å². The molecule has 2 aromatic rings. The summed E-state index contributed by atoms with van der Waals surface area (Å²) < 4.78 is 28.5. The molecule has 0 aliphatic rings. The smallest absolute Gasteiger partial charge is 0.387 e. The van der Waals surface area contributed by atoms with Gasteiger partial charge in [-0.1, -0.05) is 18.2 Å². The van der Waals surface area contributed by atoms with Crippen LogP contribution in [0.5, 0.6) is 11.5 Å². The molecule has 0 heterocycles. The second-order valence-electron chi connectivity index (χ2n) is 3.04. The lowest BCUT2D eigenvalue weighted by atomic mass is 10.1. The first-order valence-corrected chi connectivity index (χ1v) is 4.33. The number of rotatable bonds is 2. The average Bonchev–Trinajstić information content (AvgIpc) is 2.18. The van der Waals surface area contributed by atoms with Gasteiger partial charge < -0.3 is 9.84 Å². The first-order chi connectivity index (χ1) is 7.16. The molecule has 0 spiro atoms. The van der Waals surface area contributed by atoms with Gasteiger partial charge >= 0.3 is 6.61 Å². The molecule has 2 nitrogen and oxygen atoms in total. The number of benzene rings is 2. The molecule has 0 aromatic heterocycles. The van der Waals surface area contributed by atoms with Crippen LogP contribution in [0.4, 0.5) is 8.78 Å². The van der Waals surface area contributed by atoms with E-state index in [4.69, 9.17) is 0 Å². The fourth-order valence-electron chi connectivity index (χ4n) is 1.43. The number of alkyl halides is 2. The molecule has 0 fully saturated rings. The minimum atomic E-state index is -2.86. The number of hydrogen-bond donors (Lipinski definition) is 1. The third-order valence-electron chi connectivity index (χ3n) is 2.04. The molecular weight excluding hydrogens is 202 g/mol. The van der Waals surface area contributed by atoms with Crippen molar-refractivity contribution >= 4 is 10.8 Å². The maximum Gasteiger partial charge on any atom is 0.387 e.